The summed E-state index contributed by atoms with van der Waals surface area (Å²) < 4.78 is 0. The molecule has 0 heterocycles. The maximum atomic E-state index is 10.1. The largest absolute Gasteiger partial charge is 0.386 e. The molecule has 0 amide bonds. The number of rotatable bonds is 4. The van der Waals surface area contributed by atoms with E-state index in [2.05, 4.69) is 10.3 Å². The Morgan fingerprint density at radius 2 is 2.10 bits per heavy atom. The van der Waals surface area contributed by atoms with Gasteiger partial charge in [-0.2, -0.15) is 0 Å². The fourth-order valence-corrected chi connectivity index (χ4v) is 2.67. The molecule has 0 aliphatic heterocycles. The van der Waals surface area contributed by atoms with E-state index in [0.717, 1.165) is 24.0 Å². The Bertz CT molecular complexity index is 459. The number of nitrogens with two attached hydrogens (primary N) is 1. The Labute approximate surface area is 144 Å². The molecule has 0 bridgehead atoms. The molecule has 5 heteroatoms. The van der Waals surface area contributed by atoms with Crippen LogP contribution < -0.4 is 11.1 Å². The quantitative estimate of drug-likeness (QED) is 0.411. The third-order valence-corrected chi connectivity index (χ3v) is 3.82. The predicted molar refractivity (Wildman–Crippen MR) is 98.1 cm³/mol. The minimum atomic E-state index is -0.596. The zero-order valence-electron chi connectivity index (χ0n) is 12.6. The number of halogens is 1. The monoisotopic (exact) mass is 403 g/mol. The van der Waals surface area contributed by atoms with Crippen LogP contribution in [0.4, 0.5) is 0 Å². The fourth-order valence-electron chi connectivity index (χ4n) is 2.67. The van der Waals surface area contributed by atoms with Crippen LogP contribution in [0.3, 0.4) is 0 Å². The van der Waals surface area contributed by atoms with Gasteiger partial charge in [0.25, 0.3) is 0 Å². The highest BCUT2D eigenvalue weighted by atomic mass is 127. The van der Waals surface area contributed by atoms with Gasteiger partial charge in [0.1, 0.15) is 0 Å². The molecule has 4 N–H and O–H groups in total. The van der Waals surface area contributed by atoms with E-state index in [-0.39, 0.29) is 24.0 Å². The van der Waals surface area contributed by atoms with E-state index in [0.29, 0.717) is 18.5 Å². The summed E-state index contributed by atoms with van der Waals surface area (Å²) in [5.74, 6) is 0.448. The summed E-state index contributed by atoms with van der Waals surface area (Å²) in [4.78, 5) is 4.26. The minimum absolute atomic E-state index is 0. The Morgan fingerprint density at radius 1 is 1.38 bits per heavy atom. The lowest BCUT2D eigenvalue weighted by Gasteiger charge is -2.23. The minimum Gasteiger partial charge on any atom is -0.386 e. The van der Waals surface area contributed by atoms with Crippen LogP contribution in [0.15, 0.2) is 29.3 Å². The van der Waals surface area contributed by atoms with Gasteiger partial charge in [0.15, 0.2) is 5.96 Å². The molecule has 1 fully saturated rings. The average molecular weight is 403 g/mol. The highest BCUT2D eigenvalue weighted by molar-refractivity contribution is 14.0. The molecule has 0 saturated heterocycles. The number of nitrogens with zero attached hydrogens (tertiary/aromatic N) is 1. The van der Waals surface area contributed by atoms with Crippen molar-refractivity contribution in [3.05, 3.63) is 35.4 Å². The standard InChI is InChI=1S/C16H25N3O.HI/c1-12-6-5-7-13(10-12)15(20)11-18-16(17)19-14-8-3-2-4-9-14;/h5-7,10,14-15,20H,2-4,8-9,11H2,1H3,(H3,17,18,19);1H. The molecule has 1 aliphatic rings. The van der Waals surface area contributed by atoms with E-state index in [1.807, 2.05) is 31.2 Å². The van der Waals surface area contributed by atoms with E-state index in [9.17, 15) is 5.11 Å². The number of aliphatic imine (C=N–C) groups is 1. The molecule has 0 spiro atoms. The van der Waals surface area contributed by atoms with Gasteiger partial charge in [-0.1, -0.05) is 49.1 Å². The predicted octanol–water partition coefficient (Wildman–Crippen LogP) is 2.88. The number of nitrogens with one attached hydrogen (secondary N) is 1. The van der Waals surface area contributed by atoms with Crippen LogP contribution in [0.5, 0.6) is 0 Å². The first-order valence-corrected chi connectivity index (χ1v) is 7.46. The zero-order chi connectivity index (χ0) is 14.4. The van der Waals surface area contributed by atoms with Crippen LogP contribution in [0.1, 0.15) is 49.3 Å². The second-order valence-electron chi connectivity index (χ2n) is 5.64. The molecular formula is C16H26IN3O. The Morgan fingerprint density at radius 3 is 2.76 bits per heavy atom. The second-order valence-corrected chi connectivity index (χ2v) is 5.64. The molecule has 1 unspecified atom stereocenters. The van der Waals surface area contributed by atoms with E-state index in [1.54, 1.807) is 0 Å². The van der Waals surface area contributed by atoms with Crippen molar-refractivity contribution in [1.29, 1.82) is 0 Å². The summed E-state index contributed by atoms with van der Waals surface area (Å²) in [5.41, 5.74) is 7.91. The Balaban J connectivity index is 0.00000220. The van der Waals surface area contributed by atoms with Gasteiger partial charge in [0.2, 0.25) is 0 Å². The molecule has 4 nitrogen and oxygen atoms in total. The van der Waals surface area contributed by atoms with E-state index < -0.39 is 6.10 Å². The summed E-state index contributed by atoms with van der Waals surface area (Å²) in [6, 6.07) is 8.30. The van der Waals surface area contributed by atoms with Gasteiger partial charge in [-0.3, -0.25) is 4.99 Å². The first-order chi connectivity index (χ1) is 9.65. The highest BCUT2D eigenvalue weighted by Gasteiger charge is 2.13. The van der Waals surface area contributed by atoms with Crippen LogP contribution in [0.2, 0.25) is 0 Å². The lowest BCUT2D eigenvalue weighted by molar-refractivity contribution is 0.187. The first kappa shape index (κ1) is 18.2. The topological polar surface area (TPSA) is 70.6 Å². The molecular weight excluding hydrogens is 377 g/mol. The Kier molecular flexibility index (Phi) is 8.03. The Hall–Kier alpha value is -0.820. The van der Waals surface area contributed by atoms with Gasteiger partial charge >= 0.3 is 0 Å². The van der Waals surface area contributed by atoms with Crippen molar-refractivity contribution in [2.24, 2.45) is 10.7 Å². The highest BCUT2D eigenvalue weighted by Crippen LogP contribution is 2.17. The summed E-state index contributed by atoms with van der Waals surface area (Å²) in [5, 5.41) is 13.4. The second kappa shape index (κ2) is 9.25. The van der Waals surface area contributed by atoms with Gasteiger partial charge in [0, 0.05) is 6.04 Å². The van der Waals surface area contributed by atoms with Crippen molar-refractivity contribution in [2.75, 3.05) is 6.54 Å². The first-order valence-electron chi connectivity index (χ1n) is 7.46. The molecule has 1 aliphatic carbocycles. The van der Waals surface area contributed by atoms with Crippen molar-refractivity contribution < 1.29 is 5.11 Å². The molecule has 0 aromatic heterocycles. The van der Waals surface area contributed by atoms with Crippen LogP contribution in [0.25, 0.3) is 0 Å². The van der Waals surface area contributed by atoms with Crippen molar-refractivity contribution in [3.63, 3.8) is 0 Å². The summed E-state index contributed by atoms with van der Waals surface area (Å²) in [6.45, 7) is 2.31. The summed E-state index contributed by atoms with van der Waals surface area (Å²) >= 11 is 0. The summed E-state index contributed by atoms with van der Waals surface area (Å²) in [7, 11) is 0. The molecule has 2 rings (SSSR count). The molecule has 118 valence electrons. The van der Waals surface area contributed by atoms with E-state index >= 15 is 0 Å². The van der Waals surface area contributed by atoms with Crippen molar-refractivity contribution in [1.82, 2.24) is 5.32 Å². The van der Waals surface area contributed by atoms with Gasteiger partial charge < -0.3 is 16.2 Å². The smallest absolute Gasteiger partial charge is 0.188 e. The lowest BCUT2D eigenvalue weighted by atomic mass is 9.96. The van der Waals surface area contributed by atoms with Crippen LogP contribution in [-0.2, 0) is 0 Å². The number of hydrogen-bond donors (Lipinski definition) is 3. The normalized spacial score (nSPS) is 17.9. The fraction of sp³-hybridized carbons (Fsp3) is 0.562. The number of benzene rings is 1. The molecule has 0 radical (unpaired) electrons. The van der Waals surface area contributed by atoms with Crippen molar-refractivity contribution in [3.8, 4) is 0 Å². The lowest BCUT2D eigenvalue weighted by Crippen LogP contribution is -2.41. The van der Waals surface area contributed by atoms with Gasteiger partial charge in [-0.15, -0.1) is 24.0 Å². The number of aryl methyl sites for hydroxylation is 1. The third-order valence-electron chi connectivity index (χ3n) is 3.82. The van der Waals surface area contributed by atoms with Crippen LogP contribution >= 0.6 is 24.0 Å². The maximum absolute atomic E-state index is 10.1. The van der Waals surface area contributed by atoms with E-state index in [4.69, 9.17) is 5.73 Å². The van der Waals surface area contributed by atoms with Crippen molar-refractivity contribution in [2.45, 2.75) is 51.2 Å². The van der Waals surface area contributed by atoms with Crippen LogP contribution in [-0.4, -0.2) is 23.7 Å². The number of hydrogen-bond acceptors (Lipinski definition) is 2. The molecule has 1 aromatic rings. The number of aliphatic hydroxyl groups excluding tert-OH is 1. The molecule has 1 atom stereocenters. The number of guanidine groups is 1. The van der Waals surface area contributed by atoms with Crippen LogP contribution in [0, 0.1) is 6.92 Å². The summed E-state index contributed by atoms with van der Waals surface area (Å²) in [6.07, 6.45) is 5.57. The van der Waals surface area contributed by atoms with E-state index in [1.165, 1.54) is 19.3 Å². The third kappa shape index (κ3) is 6.22. The maximum Gasteiger partial charge on any atom is 0.188 e. The molecule has 1 saturated carbocycles. The zero-order valence-corrected chi connectivity index (χ0v) is 14.9. The number of aliphatic hydroxyl groups is 1. The van der Waals surface area contributed by atoms with Gasteiger partial charge in [-0.25, -0.2) is 0 Å². The average Bonchev–Trinajstić information content (AvgIpc) is 2.46. The van der Waals surface area contributed by atoms with Gasteiger partial charge in [-0.05, 0) is 25.3 Å². The van der Waals surface area contributed by atoms with Crippen molar-refractivity contribution >= 4 is 29.9 Å². The SMILES string of the molecule is Cc1cccc(C(O)CN=C(N)NC2CCCCC2)c1.I. The van der Waals surface area contributed by atoms with Gasteiger partial charge in [0.05, 0.1) is 12.6 Å². The molecule has 21 heavy (non-hydrogen) atoms. The molecule has 1 aromatic carbocycles.